The van der Waals surface area contributed by atoms with Crippen LogP contribution in [0.2, 0.25) is 0 Å². The molecule has 8 aromatic rings. The number of ether oxygens (including phenoxy) is 2. The second-order valence-electron chi connectivity index (χ2n) is 19.8. The number of H-pyrrole nitrogens is 2. The highest BCUT2D eigenvalue weighted by atomic mass is 32.7. The number of aliphatic hydroxyl groups excluding tert-OH is 2. The standard InChI is InChI=1S/C19H23N11O9P2S3.C18H21FN12O9P2S3/c20-18-25-15-11(16(32)26-18)27-28-29(15)17-13-12(31)10(44-17)4-36-40(33,42)38-8-1-7(37-9(8)3-35-41(34,43)39-13)6-2-24-30-14(6)22-5-23-19(30)21;19-6-10-4(38-16(6)30-13-7(26-28-30)12(20)22-3-23-13)1-36-41(34,43)40-11-9(32)5(2-37-42(35,44)39-10)45-17(11)31-14-8(27-29-31)15(33)25-18(21)24-14/h2,5,7-10,12-13,17,31H,1,3-4H2,(H,33,42)(H,34,43)(H2,21,22,23)(H3,20,25,26,32);3-6,9-11,16-17,32H,1-2H2,(H,34,43)(H,35,44)(H2,20,22,23)(H3,21,24,25,33)/t7-,8+,9-,10-,12-,13-,17-,40?,41?;4-,5-,6+,9-,10-,11-,16-,17-,41?,42?/m11/s1. The molecule has 52 heteroatoms. The number of nitrogens with two attached hydrogens (primary N) is 4. The van der Waals surface area contributed by atoms with E-state index >= 15 is 4.39 Å². The molecule has 0 aromatic carbocycles. The third-order valence-electron chi connectivity index (χ3n) is 14.2. The van der Waals surface area contributed by atoms with Gasteiger partial charge in [-0.05, 0) is 35.4 Å². The van der Waals surface area contributed by atoms with Gasteiger partial charge in [0.1, 0.15) is 53.9 Å². The van der Waals surface area contributed by atoms with Gasteiger partial charge < -0.3 is 75.4 Å². The van der Waals surface area contributed by atoms with Gasteiger partial charge in [0.25, 0.3) is 11.1 Å². The minimum Gasteiger partial charge on any atom is -0.389 e. The van der Waals surface area contributed by atoms with E-state index in [0.717, 1.165) is 34.5 Å². The highest BCUT2D eigenvalue weighted by Gasteiger charge is 2.55. The van der Waals surface area contributed by atoms with Crippen molar-refractivity contribution in [3.05, 3.63) is 45.1 Å². The van der Waals surface area contributed by atoms with E-state index in [-0.39, 0.29) is 76.8 Å². The second-order valence-corrected chi connectivity index (χ2v) is 33.7. The molecule has 478 valence electrons. The molecular formula is C37H44FN23O18P4S6. The number of fused-ring (bicyclic) bond motifs is 10. The lowest BCUT2D eigenvalue weighted by molar-refractivity contribution is -0.0503. The first kappa shape index (κ1) is 63.1. The molecule has 0 aliphatic carbocycles. The third kappa shape index (κ3) is 12.3. The van der Waals surface area contributed by atoms with Gasteiger partial charge in [-0.2, -0.15) is 24.3 Å². The number of aliphatic hydroxyl groups is 2. The topological polar surface area (TPSA) is 567 Å². The first-order valence-corrected chi connectivity index (χ1v) is 37.8. The summed E-state index contributed by atoms with van der Waals surface area (Å²) in [6.45, 7) is -18.4. The molecule has 4 unspecified atom stereocenters. The van der Waals surface area contributed by atoms with Gasteiger partial charge in [-0.25, -0.2) is 38.3 Å². The van der Waals surface area contributed by atoms with E-state index in [2.05, 4.69) is 88.2 Å². The van der Waals surface area contributed by atoms with Crippen LogP contribution in [0.1, 0.15) is 35.1 Å². The first-order chi connectivity index (χ1) is 42.2. The number of anilines is 4. The van der Waals surface area contributed by atoms with Gasteiger partial charge in [0.15, 0.2) is 57.4 Å². The van der Waals surface area contributed by atoms with Crippen molar-refractivity contribution in [3.63, 3.8) is 0 Å². The SMILES string of the molecule is Nc1nc2c(nnn2[C@@H]2S[C@@H]3COP(O)(=S)O[C@H]4C[C@H](c5cnn6c(N)ncnc56)O[C@@H]4COP(=O)(S)O[C@@H]2[C@@H]3O)c(=O)[nH]1.Nc1nc2c(nnn2[C@@H]2S[C@@H]3COP(O)(=S)O[C@H]4[C@H](F)[C@H](n5nnc6c(N)ncnc65)O[C@@H]4COP(O)(=S)O[C@@H]2[C@@H]3O)c(=O)[nH]1. The third-order valence-corrected chi connectivity index (χ3v) is 23.5. The molecular weight excluding hydrogens is 1390 g/mol. The van der Waals surface area contributed by atoms with Crippen LogP contribution in [0.5, 0.6) is 0 Å². The van der Waals surface area contributed by atoms with Crippen LogP contribution >= 0.6 is 62.7 Å². The van der Waals surface area contributed by atoms with Gasteiger partial charge in [0.05, 0.1) is 67.5 Å². The molecule has 4 bridgehead atoms. The van der Waals surface area contributed by atoms with E-state index in [9.17, 15) is 39.0 Å². The minimum atomic E-state index is -4.25. The molecule has 41 nitrogen and oxygen atoms in total. The molecule has 14 heterocycles. The fraction of sp³-hybridized carbons (Fsp3) is 0.541. The Bertz CT molecular complexity index is 4410. The molecule has 6 aliphatic rings. The van der Waals surface area contributed by atoms with Crippen molar-refractivity contribution in [3.8, 4) is 0 Å². The smallest absolute Gasteiger partial charge is 0.386 e. The number of halogens is 1. The predicted octanol–water partition coefficient (Wildman–Crippen LogP) is -1.93. The second kappa shape index (κ2) is 24.0. The number of aromatic amines is 2. The summed E-state index contributed by atoms with van der Waals surface area (Å²) in [5.41, 5.74) is 22.6. The summed E-state index contributed by atoms with van der Waals surface area (Å²) in [6.07, 6.45) is -10.4. The molecule has 0 spiro atoms. The maximum absolute atomic E-state index is 16.0. The van der Waals surface area contributed by atoms with E-state index in [1.54, 1.807) is 0 Å². The first-order valence-electron chi connectivity index (χ1n) is 25.4. The molecule has 6 saturated heterocycles. The van der Waals surface area contributed by atoms with E-state index in [4.69, 9.17) is 104 Å². The number of alkyl halides is 1. The largest absolute Gasteiger partial charge is 0.389 e. The Kier molecular flexibility index (Phi) is 17.0. The molecule has 6 aliphatic heterocycles. The number of rotatable bonds is 4. The van der Waals surface area contributed by atoms with Gasteiger partial charge in [-0.15, -0.1) is 38.8 Å². The van der Waals surface area contributed by atoms with E-state index in [1.165, 1.54) is 26.4 Å². The van der Waals surface area contributed by atoms with Crippen molar-refractivity contribution in [1.82, 2.24) is 94.5 Å². The number of thiol groups is 1. The lowest BCUT2D eigenvalue weighted by Crippen LogP contribution is -2.35. The zero-order valence-electron chi connectivity index (χ0n) is 44.0. The summed E-state index contributed by atoms with van der Waals surface area (Å²) >= 11 is 21.9. The Morgan fingerprint density at radius 2 is 1.17 bits per heavy atom. The summed E-state index contributed by atoms with van der Waals surface area (Å²) in [5, 5.41) is 46.3. The Hall–Kier alpha value is -4.65. The molecule has 0 radical (unpaired) electrons. The van der Waals surface area contributed by atoms with Gasteiger partial charge in [0.2, 0.25) is 17.8 Å². The van der Waals surface area contributed by atoms with Gasteiger partial charge in [-0.1, -0.05) is 27.9 Å². The average molecular weight is 1430 g/mol. The zero-order valence-corrected chi connectivity index (χ0v) is 52.6. The number of thioether (sulfide) groups is 2. The fourth-order valence-corrected chi connectivity index (χ4v) is 19.3. The van der Waals surface area contributed by atoms with Gasteiger partial charge in [0, 0.05) is 12.0 Å². The van der Waals surface area contributed by atoms with Gasteiger partial charge in [-0.3, -0.25) is 37.7 Å². The highest BCUT2D eigenvalue weighted by molar-refractivity contribution is 8.44. The number of nitrogen functional groups attached to an aromatic ring is 4. The number of hydrogen-bond acceptors (Lipinski definition) is 37. The Morgan fingerprint density at radius 3 is 1.80 bits per heavy atom. The van der Waals surface area contributed by atoms with Crippen molar-refractivity contribution in [1.29, 1.82) is 0 Å². The molecule has 14 rings (SSSR count). The summed E-state index contributed by atoms with van der Waals surface area (Å²) in [5.74, 6) is -0.304. The Morgan fingerprint density at radius 1 is 0.640 bits per heavy atom. The normalized spacial score (nSPS) is 37.1. The summed E-state index contributed by atoms with van der Waals surface area (Å²) in [7, 11) is 0. The summed E-state index contributed by atoms with van der Waals surface area (Å²) in [6, 6.07) is 0. The van der Waals surface area contributed by atoms with E-state index in [1.807, 2.05) is 0 Å². The van der Waals surface area contributed by atoms with Crippen molar-refractivity contribution in [2.45, 2.75) is 95.0 Å². The van der Waals surface area contributed by atoms with Gasteiger partial charge >= 0.3 is 27.0 Å². The summed E-state index contributed by atoms with van der Waals surface area (Å²) in [4.78, 5) is 86.5. The van der Waals surface area contributed by atoms with Crippen molar-refractivity contribution < 1.29 is 79.5 Å². The van der Waals surface area contributed by atoms with E-state index in [0.29, 0.717) is 11.2 Å². The lowest BCUT2D eigenvalue weighted by atomic mass is 10.1. The maximum atomic E-state index is 16.0. The van der Waals surface area contributed by atoms with Crippen LogP contribution < -0.4 is 34.1 Å². The fourth-order valence-electron chi connectivity index (χ4n) is 10.2. The molecule has 0 saturated carbocycles. The monoisotopic (exact) mass is 1430 g/mol. The van der Waals surface area contributed by atoms with Crippen LogP contribution in [0.25, 0.3) is 39.1 Å². The molecule has 0 amide bonds. The number of aromatic nitrogens is 19. The van der Waals surface area contributed by atoms with E-state index < -0.39 is 140 Å². The number of nitrogens with one attached hydrogen (secondary N) is 2. The number of hydrogen-bond donors (Lipinski definition) is 12. The molecule has 19 atom stereocenters. The van der Waals surface area contributed by atoms with Crippen LogP contribution in [-0.2, 0) is 85.6 Å². The van der Waals surface area contributed by atoms with Crippen molar-refractivity contribution in [2.75, 3.05) is 49.4 Å². The Balaban J connectivity index is 0.000000164. The maximum Gasteiger partial charge on any atom is 0.386 e. The minimum absolute atomic E-state index is 0.00268. The number of nitrogens with zero attached hydrogens (tertiary/aromatic N) is 17. The van der Waals surface area contributed by atoms with Crippen LogP contribution in [0.4, 0.5) is 28.1 Å². The molecule has 8 aromatic heterocycles. The quantitative estimate of drug-likeness (QED) is 0.0674. The van der Waals surface area contributed by atoms with Crippen LogP contribution in [0.15, 0.2) is 28.4 Å². The van der Waals surface area contributed by atoms with Crippen LogP contribution in [0.3, 0.4) is 0 Å². The zero-order chi connectivity index (χ0) is 62.8. The van der Waals surface area contributed by atoms with Crippen molar-refractivity contribution >= 4 is 161 Å². The average Bonchev–Trinajstić information content (AvgIpc) is 1.70. The molecule has 6 fully saturated rings. The van der Waals surface area contributed by atoms with Crippen LogP contribution in [0, 0.1) is 0 Å². The molecule has 15 N–H and O–H groups in total. The highest BCUT2D eigenvalue weighted by Crippen LogP contribution is 2.61. The van der Waals surface area contributed by atoms with Crippen LogP contribution in [-0.4, -0.2) is 211 Å². The summed E-state index contributed by atoms with van der Waals surface area (Å²) < 4.78 is 91.6. The predicted molar refractivity (Wildman–Crippen MR) is 317 cm³/mol. The Labute approximate surface area is 521 Å². The molecule has 89 heavy (non-hydrogen) atoms. The lowest BCUT2D eigenvalue weighted by Gasteiger charge is -2.27. The van der Waals surface area contributed by atoms with Crippen molar-refractivity contribution in [2.24, 2.45) is 0 Å².